The molecule has 52 valence electrons. The molecule has 0 aromatic heterocycles. The van der Waals surface area contributed by atoms with Crippen molar-refractivity contribution in [3.63, 3.8) is 0 Å². The molecule has 0 aliphatic heterocycles. The molecule has 0 aliphatic carbocycles. The molecule has 0 radical (unpaired) electrons. The highest BCUT2D eigenvalue weighted by molar-refractivity contribution is 4.71. The molecule has 0 aromatic rings. The third kappa shape index (κ3) is 4.02. The van der Waals surface area contributed by atoms with Gasteiger partial charge in [0.2, 0.25) is 0 Å². The Kier molecular flexibility index (Phi) is 4.13. The van der Waals surface area contributed by atoms with Gasteiger partial charge in [0.1, 0.15) is 0 Å². The minimum Gasteiger partial charge on any atom is -0.198 e. The van der Waals surface area contributed by atoms with Crippen LogP contribution in [-0.4, -0.2) is 0 Å². The first-order valence-corrected chi connectivity index (χ1v) is 3.55. The first-order valence-electron chi connectivity index (χ1n) is 3.55. The summed E-state index contributed by atoms with van der Waals surface area (Å²) in [4.78, 5) is 0. The number of nitrogens with zero attached hydrogens (tertiary/aromatic N) is 1. The van der Waals surface area contributed by atoms with Gasteiger partial charge in [0.25, 0.3) is 0 Å². The summed E-state index contributed by atoms with van der Waals surface area (Å²) in [5.74, 6) is 1.42. The minimum atomic E-state index is 0.699. The predicted octanol–water partition coefficient (Wildman–Crippen LogP) is 2.58. The number of nitriles is 1. The highest BCUT2D eigenvalue weighted by Gasteiger charge is 2.04. The molecule has 9 heavy (non-hydrogen) atoms. The van der Waals surface area contributed by atoms with E-state index in [0.29, 0.717) is 12.3 Å². The van der Waals surface area contributed by atoms with Gasteiger partial charge in [0.15, 0.2) is 0 Å². The Bertz CT molecular complexity index is 99.6. The molecule has 0 fully saturated rings. The maximum Gasteiger partial charge on any atom is 0.0621 e. The molecule has 0 rings (SSSR count). The standard InChI is InChI=1S/C8H15N/c1-7(2)8(3)5-4-6-9/h7-8H,4-5H2,1-3H3/t8-/m1/s1. The van der Waals surface area contributed by atoms with Crippen LogP contribution in [0.15, 0.2) is 0 Å². The van der Waals surface area contributed by atoms with Gasteiger partial charge < -0.3 is 0 Å². The zero-order chi connectivity index (χ0) is 7.28. The first-order chi connectivity index (χ1) is 4.18. The van der Waals surface area contributed by atoms with Crippen LogP contribution in [0.5, 0.6) is 0 Å². The van der Waals surface area contributed by atoms with Crippen LogP contribution >= 0.6 is 0 Å². The number of rotatable bonds is 3. The molecular formula is C8H15N. The summed E-state index contributed by atoms with van der Waals surface area (Å²) in [5.41, 5.74) is 0. The van der Waals surface area contributed by atoms with Crippen molar-refractivity contribution in [1.29, 1.82) is 5.26 Å². The third-order valence-corrected chi connectivity index (χ3v) is 1.85. The van der Waals surface area contributed by atoms with E-state index in [2.05, 4.69) is 26.8 Å². The second-order valence-corrected chi connectivity index (χ2v) is 2.92. The van der Waals surface area contributed by atoms with Gasteiger partial charge in [-0.15, -0.1) is 0 Å². The van der Waals surface area contributed by atoms with Crippen molar-refractivity contribution in [2.24, 2.45) is 11.8 Å². The molecule has 0 heterocycles. The van der Waals surface area contributed by atoms with Crippen molar-refractivity contribution in [1.82, 2.24) is 0 Å². The van der Waals surface area contributed by atoms with Crippen LogP contribution in [0.2, 0.25) is 0 Å². The van der Waals surface area contributed by atoms with Crippen molar-refractivity contribution < 1.29 is 0 Å². The van der Waals surface area contributed by atoms with Crippen molar-refractivity contribution in [2.45, 2.75) is 33.6 Å². The fraction of sp³-hybridized carbons (Fsp3) is 0.875. The van der Waals surface area contributed by atoms with Gasteiger partial charge in [-0.25, -0.2) is 0 Å². The Morgan fingerprint density at radius 3 is 2.22 bits per heavy atom. The van der Waals surface area contributed by atoms with Gasteiger partial charge in [-0.2, -0.15) is 5.26 Å². The molecule has 0 bridgehead atoms. The molecule has 1 nitrogen and oxygen atoms in total. The summed E-state index contributed by atoms with van der Waals surface area (Å²) in [5, 5.41) is 8.25. The lowest BCUT2D eigenvalue weighted by Crippen LogP contribution is -2.02. The van der Waals surface area contributed by atoms with E-state index in [-0.39, 0.29) is 0 Å². The largest absolute Gasteiger partial charge is 0.198 e. The highest BCUT2D eigenvalue weighted by atomic mass is 14.2. The fourth-order valence-electron chi connectivity index (χ4n) is 0.626. The fourth-order valence-corrected chi connectivity index (χ4v) is 0.626. The lowest BCUT2D eigenvalue weighted by molar-refractivity contribution is 0.397. The smallest absolute Gasteiger partial charge is 0.0621 e. The molecule has 0 N–H and O–H groups in total. The molecule has 1 atom stereocenters. The summed E-state index contributed by atoms with van der Waals surface area (Å²) in [6.45, 7) is 6.59. The topological polar surface area (TPSA) is 23.8 Å². The Morgan fingerprint density at radius 2 is 1.89 bits per heavy atom. The summed E-state index contributed by atoms with van der Waals surface area (Å²) >= 11 is 0. The average Bonchev–Trinajstić information content (AvgIpc) is 1.82. The van der Waals surface area contributed by atoms with E-state index in [1.165, 1.54) is 0 Å². The predicted molar refractivity (Wildman–Crippen MR) is 38.8 cm³/mol. The van der Waals surface area contributed by atoms with Crippen LogP contribution in [0, 0.1) is 23.2 Å². The first kappa shape index (κ1) is 8.49. The maximum absolute atomic E-state index is 8.25. The van der Waals surface area contributed by atoms with E-state index in [1.807, 2.05) is 0 Å². The van der Waals surface area contributed by atoms with Crippen LogP contribution in [0.1, 0.15) is 33.6 Å². The van der Waals surface area contributed by atoms with Crippen LogP contribution in [-0.2, 0) is 0 Å². The molecule has 1 heteroatoms. The van der Waals surface area contributed by atoms with Gasteiger partial charge >= 0.3 is 0 Å². The molecule has 0 saturated heterocycles. The minimum absolute atomic E-state index is 0.699. The Morgan fingerprint density at radius 1 is 1.33 bits per heavy atom. The summed E-state index contributed by atoms with van der Waals surface area (Å²) < 4.78 is 0. The Balaban J connectivity index is 3.29. The summed E-state index contributed by atoms with van der Waals surface area (Å²) in [6, 6.07) is 2.15. The van der Waals surface area contributed by atoms with Crippen LogP contribution in [0.4, 0.5) is 0 Å². The SMILES string of the molecule is CC(C)[C@H](C)CCC#N. The zero-order valence-corrected chi connectivity index (χ0v) is 6.52. The Labute approximate surface area is 57.7 Å². The van der Waals surface area contributed by atoms with Crippen LogP contribution < -0.4 is 0 Å². The van der Waals surface area contributed by atoms with Crippen LogP contribution in [0.3, 0.4) is 0 Å². The number of hydrogen-bond donors (Lipinski definition) is 0. The average molecular weight is 125 g/mol. The lowest BCUT2D eigenvalue weighted by Gasteiger charge is -2.12. The van der Waals surface area contributed by atoms with E-state index >= 15 is 0 Å². The van der Waals surface area contributed by atoms with Gasteiger partial charge in [0.05, 0.1) is 6.07 Å². The second-order valence-electron chi connectivity index (χ2n) is 2.92. The molecule has 0 amide bonds. The second kappa shape index (κ2) is 4.38. The maximum atomic E-state index is 8.25. The quantitative estimate of drug-likeness (QED) is 0.568. The van der Waals surface area contributed by atoms with Crippen molar-refractivity contribution >= 4 is 0 Å². The van der Waals surface area contributed by atoms with E-state index in [0.717, 1.165) is 12.3 Å². The van der Waals surface area contributed by atoms with Crippen LogP contribution in [0.25, 0.3) is 0 Å². The highest BCUT2D eigenvalue weighted by Crippen LogP contribution is 2.14. The molecule has 0 aliphatic rings. The molecule has 0 aromatic carbocycles. The molecule has 0 unspecified atom stereocenters. The van der Waals surface area contributed by atoms with E-state index in [1.54, 1.807) is 0 Å². The van der Waals surface area contributed by atoms with Crippen molar-refractivity contribution in [3.8, 4) is 6.07 Å². The summed E-state index contributed by atoms with van der Waals surface area (Å²) in [6.07, 6.45) is 1.76. The van der Waals surface area contributed by atoms with E-state index < -0.39 is 0 Å². The van der Waals surface area contributed by atoms with Crippen molar-refractivity contribution in [2.75, 3.05) is 0 Å². The summed E-state index contributed by atoms with van der Waals surface area (Å²) in [7, 11) is 0. The Hall–Kier alpha value is -0.510. The van der Waals surface area contributed by atoms with E-state index in [4.69, 9.17) is 5.26 Å². The van der Waals surface area contributed by atoms with Gasteiger partial charge in [-0.05, 0) is 18.3 Å². The normalized spacial score (nSPS) is 13.2. The molecular weight excluding hydrogens is 110 g/mol. The van der Waals surface area contributed by atoms with Gasteiger partial charge in [-0.3, -0.25) is 0 Å². The molecule has 0 saturated carbocycles. The van der Waals surface area contributed by atoms with Gasteiger partial charge in [-0.1, -0.05) is 20.8 Å². The monoisotopic (exact) mass is 125 g/mol. The van der Waals surface area contributed by atoms with E-state index in [9.17, 15) is 0 Å². The number of hydrogen-bond acceptors (Lipinski definition) is 1. The third-order valence-electron chi connectivity index (χ3n) is 1.85. The molecule has 0 spiro atoms. The lowest BCUT2D eigenvalue weighted by atomic mass is 9.94. The van der Waals surface area contributed by atoms with Gasteiger partial charge in [0, 0.05) is 6.42 Å². The zero-order valence-electron chi connectivity index (χ0n) is 6.52. The van der Waals surface area contributed by atoms with Crippen molar-refractivity contribution in [3.05, 3.63) is 0 Å².